The van der Waals surface area contributed by atoms with Crippen LogP contribution in [-0.2, 0) is 45.4 Å². The Labute approximate surface area is 360 Å². The maximum atomic E-state index is 14.1. The van der Waals surface area contributed by atoms with Crippen molar-refractivity contribution in [2.75, 3.05) is 17.2 Å². The van der Waals surface area contributed by atoms with E-state index in [1.54, 1.807) is 54.7 Å². The third-order valence-corrected chi connectivity index (χ3v) is 10.7. The van der Waals surface area contributed by atoms with Gasteiger partial charge in [-0.1, -0.05) is 24.6 Å². The first-order valence-electron chi connectivity index (χ1n) is 20.6. The number of anilines is 2. The SMILES string of the molecule is O=C(CCCCCC(=O)Nc1cccc2c1CN(C1CCC(=O)NC1=O)C2=O)NCCCn1c(CNc2cccc(C(=O)NCc3c(F)cccc3F)c2)nnc1-c1ccncn1. The average molecular weight is 862 g/mol. The summed E-state index contributed by atoms with van der Waals surface area (Å²) in [7, 11) is 0. The summed E-state index contributed by atoms with van der Waals surface area (Å²) in [5.74, 6) is -2.43. The smallest absolute Gasteiger partial charge is 0.255 e. The standard InChI is InChI=1S/C44H45F2N11O6/c45-32-11-6-12-33(46)30(32)23-50-42(61)27-8-4-9-28(22-27)49-24-37-54-55-41(35-18-20-47-26-51-35)56(37)21-7-19-48-38(58)14-2-1-3-15-39(59)52-34-13-5-10-29-31(34)25-57(44(29)63)36-16-17-40(60)53-43(36)62/h4-6,8-13,18,20,22,26,36,49H,1-3,7,14-17,19,21,23-25H2,(H,48,58)(H,50,61)(H,52,59)(H,53,60,62). The van der Waals surface area contributed by atoms with Crippen molar-refractivity contribution in [1.82, 2.24) is 45.6 Å². The molecule has 19 heteroatoms. The van der Waals surface area contributed by atoms with E-state index in [2.05, 4.69) is 46.7 Å². The maximum absolute atomic E-state index is 14.1. The molecule has 0 aliphatic carbocycles. The van der Waals surface area contributed by atoms with Crippen molar-refractivity contribution < 1.29 is 37.5 Å². The highest BCUT2D eigenvalue weighted by molar-refractivity contribution is 6.06. The van der Waals surface area contributed by atoms with Crippen LogP contribution in [0.2, 0.25) is 0 Å². The predicted molar refractivity (Wildman–Crippen MR) is 224 cm³/mol. The van der Waals surface area contributed by atoms with Gasteiger partial charge in [0.2, 0.25) is 23.6 Å². The fourth-order valence-electron chi connectivity index (χ4n) is 7.45. The van der Waals surface area contributed by atoms with Crippen molar-refractivity contribution >= 4 is 46.8 Å². The minimum absolute atomic E-state index is 0.117. The Morgan fingerprint density at radius 1 is 0.841 bits per heavy atom. The minimum atomic E-state index is -0.750. The third kappa shape index (κ3) is 10.9. The highest BCUT2D eigenvalue weighted by atomic mass is 19.1. The van der Waals surface area contributed by atoms with Crippen LogP contribution in [0.1, 0.15) is 89.0 Å². The molecule has 2 aliphatic heterocycles. The van der Waals surface area contributed by atoms with Gasteiger partial charge in [0.25, 0.3) is 11.8 Å². The molecule has 63 heavy (non-hydrogen) atoms. The van der Waals surface area contributed by atoms with Crippen LogP contribution >= 0.6 is 0 Å². The van der Waals surface area contributed by atoms with Gasteiger partial charge in [-0.15, -0.1) is 10.2 Å². The van der Waals surface area contributed by atoms with E-state index in [0.717, 1.165) is 12.1 Å². The first kappa shape index (κ1) is 43.6. The molecule has 7 rings (SSSR count). The molecule has 1 fully saturated rings. The second kappa shape index (κ2) is 20.4. The molecule has 2 aromatic heterocycles. The lowest BCUT2D eigenvalue weighted by Gasteiger charge is -2.29. The van der Waals surface area contributed by atoms with E-state index >= 15 is 0 Å². The molecule has 4 heterocycles. The number of aromatic nitrogens is 5. The van der Waals surface area contributed by atoms with E-state index in [-0.39, 0.29) is 80.1 Å². The van der Waals surface area contributed by atoms with Gasteiger partial charge in [0.1, 0.15) is 29.7 Å². The van der Waals surface area contributed by atoms with Crippen molar-refractivity contribution in [2.24, 2.45) is 0 Å². The molecular weight excluding hydrogens is 817 g/mol. The summed E-state index contributed by atoms with van der Waals surface area (Å²) in [6.45, 7) is 0.895. The molecule has 3 aromatic carbocycles. The van der Waals surface area contributed by atoms with Gasteiger partial charge in [-0.25, -0.2) is 18.7 Å². The zero-order valence-electron chi connectivity index (χ0n) is 34.2. The average Bonchev–Trinajstić information content (AvgIpc) is 3.84. The fraction of sp³-hybridized carbons (Fsp3) is 0.318. The summed E-state index contributed by atoms with van der Waals surface area (Å²) < 4.78 is 30.0. The van der Waals surface area contributed by atoms with Crippen molar-refractivity contribution in [2.45, 2.75) is 83.6 Å². The summed E-state index contributed by atoms with van der Waals surface area (Å²) >= 11 is 0. The summed E-state index contributed by atoms with van der Waals surface area (Å²) in [5.41, 5.74) is 2.77. The Morgan fingerprint density at radius 3 is 2.40 bits per heavy atom. The van der Waals surface area contributed by atoms with Gasteiger partial charge in [-0.05, 0) is 74.2 Å². The summed E-state index contributed by atoms with van der Waals surface area (Å²) in [5, 5.41) is 22.7. The van der Waals surface area contributed by atoms with E-state index in [4.69, 9.17) is 0 Å². The predicted octanol–water partition coefficient (Wildman–Crippen LogP) is 4.41. The molecule has 1 atom stereocenters. The maximum Gasteiger partial charge on any atom is 0.255 e. The summed E-state index contributed by atoms with van der Waals surface area (Å²) in [6, 6.07) is 16.2. The number of amides is 6. The Bertz CT molecular complexity index is 2500. The molecule has 1 saturated heterocycles. The summed E-state index contributed by atoms with van der Waals surface area (Å²) in [6.07, 6.45) is 6.26. The van der Waals surface area contributed by atoms with Crippen LogP contribution in [-0.4, -0.2) is 77.7 Å². The van der Waals surface area contributed by atoms with Gasteiger partial charge in [-0.2, -0.15) is 0 Å². The zero-order chi connectivity index (χ0) is 44.3. The van der Waals surface area contributed by atoms with Gasteiger partial charge in [0.15, 0.2) is 11.6 Å². The van der Waals surface area contributed by atoms with Gasteiger partial charge in [0.05, 0.1) is 6.54 Å². The van der Waals surface area contributed by atoms with Crippen LogP contribution in [0.5, 0.6) is 0 Å². The number of benzene rings is 3. The van der Waals surface area contributed by atoms with Gasteiger partial charge in [0, 0.05) is 85.3 Å². The van der Waals surface area contributed by atoms with E-state index < -0.39 is 29.5 Å². The number of fused-ring (bicyclic) bond motifs is 1. The number of rotatable bonds is 19. The second-order valence-electron chi connectivity index (χ2n) is 15.0. The molecule has 0 bridgehead atoms. The molecule has 17 nitrogen and oxygen atoms in total. The van der Waals surface area contributed by atoms with Crippen molar-refractivity contribution in [1.29, 1.82) is 0 Å². The van der Waals surface area contributed by atoms with Crippen molar-refractivity contribution in [3.05, 3.63) is 119 Å². The first-order chi connectivity index (χ1) is 30.5. The quantitative estimate of drug-likeness (QED) is 0.0578. The highest BCUT2D eigenvalue weighted by Crippen LogP contribution is 2.32. The molecule has 0 radical (unpaired) electrons. The van der Waals surface area contributed by atoms with Gasteiger partial charge < -0.3 is 30.7 Å². The molecule has 0 spiro atoms. The molecule has 0 saturated carbocycles. The number of hydrogen-bond acceptors (Lipinski definition) is 11. The summed E-state index contributed by atoms with van der Waals surface area (Å²) in [4.78, 5) is 85.3. The van der Waals surface area contributed by atoms with E-state index in [1.165, 1.54) is 17.3 Å². The van der Waals surface area contributed by atoms with E-state index in [0.29, 0.717) is 78.6 Å². The second-order valence-corrected chi connectivity index (χ2v) is 15.0. The molecule has 5 aromatic rings. The monoisotopic (exact) mass is 861 g/mol. The largest absolute Gasteiger partial charge is 0.378 e. The number of carbonyl (C=O) groups is 6. The Kier molecular flexibility index (Phi) is 14.1. The van der Waals surface area contributed by atoms with E-state index in [9.17, 15) is 37.5 Å². The van der Waals surface area contributed by atoms with Crippen LogP contribution in [0.25, 0.3) is 11.5 Å². The first-order valence-corrected chi connectivity index (χ1v) is 20.6. The fourth-order valence-corrected chi connectivity index (χ4v) is 7.45. The van der Waals surface area contributed by atoms with Crippen LogP contribution < -0.4 is 26.6 Å². The number of unbranched alkanes of at least 4 members (excludes halogenated alkanes) is 2. The van der Waals surface area contributed by atoms with Crippen molar-refractivity contribution in [3.8, 4) is 11.5 Å². The van der Waals surface area contributed by atoms with Crippen LogP contribution in [0.3, 0.4) is 0 Å². The lowest BCUT2D eigenvalue weighted by molar-refractivity contribution is -0.137. The highest BCUT2D eigenvalue weighted by Gasteiger charge is 2.40. The van der Waals surface area contributed by atoms with Gasteiger partial charge >= 0.3 is 0 Å². The molecule has 6 amide bonds. The van der Waals surface area contributed by atoms with Crippen LogP contribution in [0.4, 0.5) is 20.2 Å². The number of imide groups is 1. The Hall–Kier alpha value is -7.44. The lowest BCUT2D eigenvalue weighted by atomic mass is 10.0. The normalized spacial score (nSPS) is 14.5. The molecule has 1 unspecified atom stereocenters. The van der Waals surface area contributed by atoms with Crippen LogP contribution in [0.15, 0.2) is 79.3 Å². The molecule has 2 aliphatic rings. The Morgan fingerprint density at radius 2 is 1.62 bits per heavy atom. The Balaban J connectivity index is 0.839. The minimum Gasteiger partial charge on any atom is -0.378 e. The van der Waals surface area contributed by atoms with Crippen LogP contribution in [0, 0.1) is 11.6 Å². The topological polar surface area (TPSA) is 222 Å². The third-order valence-electron chi connectivity index (χ3n) is 10.7. The number of nitrogens with one attached hydrogen (secondary N) is 5. The van der Waals surface area contributed by atoms with Gasteiger partial charge in [-0.3, -0.25) is 34.1 Å². The number of piperidine rings is 1. The zero-order valence-corrected chi connectivity index (χ0v) is 34.2. The van der Waals surface area contributed by atoms with E-state index in [1.807, 2.05) is 4.57 Å². The van der Waals surface area contributed by atoms with Crippen molar-refractivity contribution in [3.63, 3.8) is 0 Å². The number of nitrogens with zero attached hydrogens (tertiary/aromatic N) is 6. The number of carbonyl (C=O) groups excluding carboxylic acids is 6. The molecule has 326 valence electrons. The number of halogens is 2. The molecule has 5 N–H and O–H groups in total. The number of hydrogen-bond donors (Lipinski definition) is 5. The lowest BCUT2D eigenvalue weighted by Crippen LogP contribution is -2.52. The molecular formula is C44H45F2N11O6.